The van der Waals surface area contributed by atoms with Crippen LogP contribution in [0, 0.1) is 5.82 Å². The van der Waals surface area contributed by atoms with Crippen LogP contribution in [0.5, 0.6) is 17.2 Å². The summed E-state index contributed by atoms with van der Waals surface area (Å²) in [6.07, 6.45) is 1.90. The van der Waals surface area contributed by atoms with E-state index < -0.39 is 5.82 Å². The average Bonchev–Trinajstić information content (AvgIpc) is 2.74. The fourth-order valence-corrected chi connectivity index (χ4v) is 3.10. The first-order chi connectivity index (χ1) is 14.4. The molecule has 0 aromatic heterocycles. The van der Waals surface area contributed by atoms with Crippen molar-refractivity contribution in [2.75, 3.05) is 26.6 Å². The number of rotatable bonds is 7. The zero-order valence-electron chi connectivity index (χ0n) is 17.7. The molecule has 5 heteroatoms. The monoisotopic (exact) mass is 407 g/mol. The van der Waals surface area contributed by atoms with Crippen LogP contribution in [0.3, 0.4) is 0 Å². The van der Waals surface area contributed by atoms with Crippen LogP contribution < -0.4 is 19.9 Å². The maximum atomic E-state index is 14.6. The van der Waals surface area contributed by atoms with Gasteiger partial charge in [0.2, 0.25) is 0 Å². The molecule has 4 nitrogen and oxygen atoms in total. The van der Waals surface area contributed by atoms with Crippen LogP contribution in [0.15, 0.2) is 66.2 Å². The van der Waals surface area contributed by atoms with Gasteiger partial charge >= 0.3 is 0 Å². The Kier molecular flexibility index (Phi) is 6.62. The lowest BCUT2D eigenvalue weighted by Gasteiger charge is -2.16. The molecule has 30 heavy (non-hydrogen) atoms. The third-order valence-electron chi connectivity index (χ3n) is 4.72. The van der Waals surface area contributed by atoms with Crippen LogP contribution in [0.1, 0.15) is 13.8 Å². The van der Waals surface area contributed by atoms with Crippen LogP contribution in [-0.4, -0.2) is 20.8 Å². The van der Waals surface area contributed by atoms with Crippen molar-refractivity contribution < 1.29 is 18.6 Å². The van der Waals surface area contributed by atoms with Crippen molar-refractivity contribution in [1.29, 1.82) is 0 Å². The minimum atomic E-state index is -0.432. The lowest BCUT2D eigenvalue weighted by molar-refractivity contribution is 0.341. The third kappa shape index (κ3) is 4.74. The largest absolute Gasteiger partial charge is 0.496 e. The van der Waals surface area contributed by atoms with E-state index in [0.29, 0.717) is 29.4 Å². The second-order valence-electron chi connectivity index (χ2n) is 7.11. The number of nitrogen functional groups attached to an aromatic ring is 1. The zero-order chi connectivity index (χ0) is 21.7. The molecule has 0 atom stereocenters. The van der Waals surface area contributed by atoms with Crippen LogP contribution in [0.25, 0.3) is 22.3 Å². The topological polar surface area (TPSA) is 53.7 Å². The maximum Gasteiger partial charge on any atom is 0.165 e. The highest BCUT2D eigenvalue weighted by Crippen LogP contribution is 2.41. The average molecular weight is 407 g/mol. The SMILES string of the molecule is COc1cc(-c2ccc(OCC=C(C)C)c(F)c2)c(OC)cc1-c1ccc(N)cc1. The Balaban J connectivity index is 2.00. The molecule has 0 amide bonds. The zero-order valence-corrected chi connectivity index (χ0v) is 17.7. The summed E-state index contributed by atoms with van der Waals surface area (Å²) in [5.74, 6) is 1.04. The normalized spacial score (nSPS) is 10.4. The first kappa shape index (κ1) is 21.2. The van der Waals surface area contributed by atoms with Gasteiger partial charge in [-0.15, -0.1) is 0 Å². The van der Waals surface area contributed by atoms with Crippen LogP contribution in [-0.2, 0) is 0 Å². The van der Waals surface area contributed by atoms with Gasteiger partial charge in [0.05, 0.1) is 14.2 Å². The van der Waals surface area contributed by atoms with Gasteiger partial charge in [0.1, 0.15) is 18.1 Å². The van der Waals surface area contributed by atoms with E-state index in [-0.39, 0.29) is 5.75 Å². The van der Waals surface area contributed by atoms with Gasteiger partial charge in [-0.2, -0.15) is 0 Å². The van der Waals surface area contributed by atoms with E-state index in [4.69, 9.17) is 19.9 Å². The van der Waals surface area contributed by atoms with E-state index in [1.54, 1.807) is 26.4 Å². The molecule has 0 heterocycles. The predicted molar refractivity (Wildman–Crippen MR) is 120 cm³/mol. The fourth-order valence-electron chi connectivity index (χ4n) is 3.10. The van der Waals surface area contributed by atoms with E-state index in [0.717, 1.165) is 22.3 Å². The molecule has 2 N–H and O–H groups in total. The summed E-state index contributed by atoms with van der Waals surface area (Å²) in [4.78, 5) is 0. The van der Waals surface area contributed by atoms with Gasteiger partial charge < -0.3 is 19.9 Å². The Morgan fingerprint density at radius 1 is 0.833 bits per heavy atom. The summed E-state index contributed by atoms with van der Waals surface area (Å²) in [5.41, 5.74) is 10.8. The van der Waals surface area contributed by atoms with Gasteiger partial charge in [-0.1, -0.05) is 23.8 Å². The molecule has 0 saturated heterocycles. The van der Waals surface area contributed by atoms with Gasteiger partial charge in [0.25, 0.3) is 0 Å². The standard InChI is InChI=1S/C25H26FNO3/c1-16(2)11-12-30-23-10-7-18(13-22(23)26)21-15-24(28-3)20(14-25(21)29-4)17-5-8-19(27)9-6-17/h5-11,13-15H,12,27H2,1-4H3. The highest BCUT2D eigenvalue weighted by Gasteiger charge is 2.16. The number of methoxy groups -OCH3 is 2. The number of allylic oxidation sites excluding steroid dienone is 1. The minimum absolute atomic E-state index is 0.209. The molecule has 156 valence electrons. The highest BCUT2D eigenvalue weighted by molar-refractivity contribution is 5.81. The molecule has 0 unspecified atom stereocenters. The number of nitrogens with two attached hydrogens (primary N) is 1. The number of hydrogen-bond acceptors (Lipinski definition) is 4. The summed E-state index contributed by atoms with van der Waals surface area (Å²) < 4.78 is 31.4. The van der Waals surface area contributed by atoms with Crippen LogP contribution in [0.2, 0.25) is 0 Å². The van der Waals surface area contributed by atoms with Crippen LogP contribution >= 0.6 is 0 Å². The van der Waals surface area contributed by atoms with Crippen molar-refractivity contribution in [3.8, 4) is 39.5 Å². The van der Waals surface area contributed by atoms with Crippen molar-refractivity contribution in [3.05, 3.63) is 72.1 Å². The van der Waals surface area contributed by atoms with E-state index in [9.17, 15) is 4.39 Å². The first-order valence-electron chi connectivity index (χ1n) is 9.61. The molecule has 0 radical (unpaired) electrons. The molecule has 3 aromatic carbocycles. The van der Waals surface area contributed by atoms with Crippen molar-refractivity contribution in [1.82, 2.24) is 0 Å². The summed E-state index contributed by atoms with van der Waals surface area (Å²) in [6, 6.07) is 16.1. The Bertz CT molecular complexity index is 1050. The summed E-state index contributed by atoms with van der Waals surface area (Å²) >= 11 is 0. The third-order valence-corrected chi connectivity index (χ3v) is 4.72. The smallest absolute Gasteiger partial charge is 0.165 e. The quantitative estimate of drug-likeness (QED) is 0.380. The van der Waals surface area contributed by atoms with Gasteiger partial charge in [-0.05, 0) is 67.4 Å². The number of benzene rings is 3. The Morgan fingerprint density at radius 3 is 1.93 bits per heavy atom. The van der Waals surface area contributed by atoms with Crippen molar-refractivity contribution in [2.45, 2.75) is 13.8 Å². The number of hydrogen-bond donors (Lipinski definition) is 1. The van der Waals surface area contributed by atoms with Crippen molar-refractivity contribution in [3.63, 3.8) is 0 Å². The summed E-state index contributed by atoms with van der Waals surface area (Å²) in [6.45, 7) is 4.26. The highest BCUT2D eigenvalue weighted by atomic mass is 19.1. The van der Waals surface area contributed by atoms with E-state index in [1.807, 2.05) is 56.3 Å². The maximum absolute atomic E-state index is 14.6. The number of anilines is 1. The van der Waals surface area contributed by atoms with E-state index >= 15 is 0 Å². The van der Waals surface area contributed by atoms with Gasteiger partial charge in [-0.25, -0.2) is 4.39 Å². The van der Waals surface area contributed by atoms with Crippen LogP contribution in [0.4, 0.5) is 10.1 Å². The van der Waals surface area contributed by atoms with Gasteiger partial charge in [-0.3, -0.25) is 0 Å². The molecule has 0 aliphatic carbocycles. The lowest BCUT2D eigenvalue weighted by atomic mass is 9.97. The second kappa shape index (κ2) is 9.35. The first-order valence-corrected chi connectivity index (χ1v) is 9.61. The molecule has 0 aliphatic rings. The molecule has 0 saturated carbocycles. The molecule has 0 spiro atoms. The Labute approximate surface area is 176 Å². The molecular weight excluding hydrogens is 381 g/mol. The molecule has 3 aromatic rings. The molecule has 0 bridgehead atoms. The van der Waals surface area contributed by atoms with E-state index in [2.05, 4.69) is 0 Å². The molecule has 0 fully saturated rings. The Hall–Kier alpha value is -3.47. The predicted octanol–water partition coefficient (Wildman–Crippen LogP) is 6.10. The Morgan fingerprint density at radius 2 is 1.40 bits per heavy atom. The van der Waals surface area contributed by atoms with E-state index in [1.165, 1.54) is 6.07 Å². The molecule has 0 aliphatic heterocycles. The molecule has 3 rings (SSSR count). The number of halogens is 1. The van der Waals surface area contributed by atoms with Crippen molar-refractivity contribution in [2.24, 2.45) is 0 Å². The van der Waals surface area contributed by atoms with Gasteiger partial charge in [0.15, 0.2) is 11.6 Å². The number of ether oxygens (including phenoxy) is 3. The van der Waals surface area contributed by atoms with Gasteiger partial charge in [0, 0.05) is 16.8 Å². The fraction of sp³-hybridized carbons (Fsp3) is 0.200. The van der Waals surface area contributed by atoms with Crippen molar-refractivity contribution >= 4 is 5.69 Å². The lowest BCUT2D eigenvalue weighted by Crippen LogP contribution is -1.98. The summed E-state index contributed by atoms with van der Waals surface area (Å²) in [7, 11) is 3.19. The minimum Gasteiger partial charge on any atom is -0.496 e. The summed E-state index contributed by atoms with van der Waals surface area (Å²) in [5, 5.41) is 0. The molecular formula is C25H26FNO3. The second-order valence-corrected chi connectivity index (χ2v) is 7.11.